The Morgan fingerprint density at radius 2 is 2.06 bits per heavy atom. The number of nitrogens with zero attached hydrogens (tertiary/aromatic N) is 2. The normalized spacial score (nSPS) is 19.8. The van der Waals surface area contributed by atoms with Crippen molar-refractivity contribution in [2.45, 2.75) is 13.0 Å². The fraction of sp³-hybridized carbons (Fsp3) is 0.909. The summed E-state index contributed by atoms with van der Waals surface area (Å²) in [5.74, 6) is -0.143. The minimum absolute atomic E-state index is 0.143. The zero-order chi connectivity index (χ0) is 12.0. The Bertz CT molecular complexity index is 215. The number of hydrogen-bond acceptors (Lipinski definition) is 5. The van der Waals surface area contributed by atoms with Crippen LogP contribution < -0.4 is 0 Å². The molecule has 1 heterocycles. The first-order valence-electron chi connectivity index (χ1n) is 5.71. The predicted molar refractivity (Wildman–Crippen MR) is 61.4 cm³/mol. The molecular formula is C11H22N2O3. The van der Waals surface area contributed by atoms with Gasteiger partial charge < -0.3 is 14.4 Å². The average Bonchev–Trinajstić information content (AvgIpc) is 2.27. The van der Waals surface area contributed by atoms with E-state index in [1.807, 2.05) is 25.9 Å². The third-order valence-corrected chi connectivity index (χ3v) is 2.82. The zero-order valence-electron chi connectivity index (χ0n) is 10.4. The first kappa shape index (κ1) is 13.4. The molecule has 0 aromatic carbocycles. The molecule has 0 saturated carbocycles. The van der Waals surface area contributed by atoms with Gasteiger partial charge in [0.05, 0.1) is 19.8 Å². The summed E-state index contributed by atoms with van der Waals surface area (Å²) in [5.41, 5.74) is 0. The van der Waals surface area contributed by atoms with Crippen LogP contribution in [0, 0.1) is 0 Å². The lowest BCUT2D eigenvalue weighted by Gasteiger charge is -2.26. The lowest BCUT2D eigenvalue weighted by Crippen LogP contribution is -2.41. The fourth-order valence-corrected chi connectivity index (χ4v) is 1.35. The van der Waals surface area contributed by atoms with E-state index < -0.39 is 0 Å². The van der Waals surface area contributed by atoms with Gasteiger partial charge in [-0.3, -0.25) is 9.69 Å². The van der Waals surface area contributed by atoms with Crippen LogP contribution in [0.25, 0.3) is 0 Å². The molecular weight excluding hydrogens is 208 g/mol. The van der Waals surface area contributed by atoms with Gasteiger partial charge in [0, 0.05) is 19.1 Å². The summed E-state index contributed by atoms with van der Waals surface area (Å²) in [7, 11) is 3.95. The molecule has 16 heavy (non-hydrogen) atoms. The van der Waals surface area contributed by atoms with Gasteiger partial charge in [0.2, 0.25) is 0 Å². The molecule has 1 fully saturated rings. The molecule has 94 valence electrons. The molecule has 1 rings (SSSR count). The second-order valence-electron chi connectivity index (χ2n) is 4.38. The highest BCUT2D eigenvalue weighted by Crippen LogP contribution is 1.98. The van der Waals surface area contributed by atoms with Crippen LogP contribution in [0.1, 0.15) is 6.92 Å². The molecule has 5 heteroatoms. The SMILES string of the molecule is CC(COC(=O)CN1CCOCC1)N(C)C. The molecule has 0 bridgehead atoms. The van der Waals surface area contributed by atoms with Crippen molar-refractivity contribution in [3.05, 3.63) is 0 Å². The molecule has 0 spiro atoms. The Kier molecular flexibility index (Phi) is 5.73. The van der Waals surface area contributed by atoms with Gasteiger partial charge in [-0.25, -0.2) is 0 Å². The van der Waals surface area contributed by atoms with E-state index in [2.05, 4.69) is 4.90 Å². The van der Waals surface area contributed by atoms with E-state index in [1.54, 1.807) is 0 Å². The zero-order valence-corrected chi connectivity index (χ0v) is 10.4. The Hall–Kier alpha value is -0.650. The van der Waals surface area contributed by atoms with E-state index in [4.69, 9.17) is 9.47 Å². The number of hydrogen-bond donors (Lipinski definition) is 0. The molecule has 1 saturated heterocycles. The summed E-state index contributed by atoms with van der Waals surface area (Å²) >= 11 is 0. The van der Waals surface area contributed by atoms with Crippen molar-refractivity contribution in [1.82, 2.24) is 9.80 Å². The number of likely N-dealkylation sites (N-methyl/N-ethyl adjacent to an activating group) is 1. The van der Waals surface area contributed by atoms with Crippen LogP contribution in [0.4, 0.5) is 0 Å². The highest BCUT2D eigenvalue weighted by Gasteiger charge is 2.15. The summed E-state index contributed by atoms with van der Waals surface area (Å²) < 4.78 is 10.4. The molecule has 0 radical (unpaired) electrons. The van der Waals surface area contributed by atoms with E-state index in [1.165, 1.54) is 0 Å². The minimum Gasteiger partial charge on any atom is -0.463 e. The lowest BCUT2D eigenvalue weighted by atomic mass is 10.3. The van der Waals surface area contributed by atoms with Gasteiger partial charge in [-0.05, 0) is 21.0 Å². The molecule has 5 nitrogen and oxygen atoms in total. The van der Waals surface area contributed by atoms with Crippen molar-refractivity contribution in [2.75, 3.05) is 53.6 Å². The molecule has 0 N–H and O–H groups in total. The highest BCUT2D eigenvalue weighted by molar-refractivity contribution is 5.71. The maximum atomic E-state index is 11.5. The van der Waals surface area contributed by atoms with Crippen LogP contribution in [-0.4, -0.2) is 75.4 Å². The predicted octanol–water partition coefficient (Wildman–Crippen LogP) is -0.188. The van der Waals surface area contributed by atoms with E-state index in [9.17, 15) is 4.79 Å². The van der Waals surface area contributed by atoms with Gasteiger partial charge in [-0.2, -0.15) is 0 Å². The van der Waals surface area contributed by atoms with Crippen LogP contribution >= 0.6 is 0 Å². The summed E-state index contributed by atoms with van der Waals surface area (Å²) in [6, 6.07) is 0.258. The Labute approximate surface area is 97.3 Å². The van der Waals surface area contributed by atoms with Crippen molar-refractivity contribution in [3.8, 4) is 0 Å². The first-order valence-corrected chi connectivity index (χ1v) is 5.71. The van der Waals surface area contributed by atoms with Crippen molar-refractivity contribution >= 4 is 5.97 Å². The number of ether oxygens (including phenoxy) is 2. The van der Waals surface area contributed by atoms with Gasteiger partial charge in [0.25, 0.3) is 0 Å². The van der Waals surface area contributed by atoms with Crippen LogP contribution in [0.15, 0.2) is 0 Å². The van der Waals surface area contributed by atoms with Crippen molar-refractivity contribution < 1.29 is 14.3 Å². The Morgan fingerprint density at radius 1 is 1.44 bits per heavy atom. The first-order chi connectivity index (χ1) is 7.59. The lowest BCUT2D eigenvalue weighted by molar-refractivity contribution is -0.147. The second kappa shape index (κ2) is 6.83. The van der Waals surface area contributed by atoms with Gasteiger partial charge in [0.1, 0.15) is 6.61 Å². The second-order valence-corrected chi connectivity index (χ2v) is 4.38. The molecule has 1 aliphatic heterocycles. The van der Waals surface area contributed by atoms with E-state index in [-0.39, 0.29) is 12.0 Å². The molecule has 1 unspecified atom stereocenters. The van der Waals surface area contributed by atoms with Crippen LogP contribution in [-0.2, 0) is 14.3 Å². The van der Waals surface area contributed by atoms with Crippen LogP contribution in [0.3, 0.4) is 0 Å². The average molecular weight is 230 g/mol. The van der Waals surface area contributed by atoms with Gasteiger partial charge in [0.15, 0.2) is 0 Å². The largest absolute Gasteiger partial charge is 0.463 e. The third kappa shape index (κ3) is 4.92. The molecule has 0 amide bonds. The molecule has 0 aliphatic carbocycles. The smallest absolute Gasteiger partial charge is 0.320 e. The fourth-order valence-electron chi connectivity index (χ4n) is 1.35. The van der Waals surface area contributed by atoms with Crippen molar-refractivity contribution in [3.63, 3.8) is 0 Å². The Balaban J connectivity index is 2.14. The third-order valence-electron chi connectivity index (χ3n) is 2.82. The molecule has 0 aromatic rings. The van der Waals surface area contributed by atoms with E-state index in [0.717, 1.165) is 13.1 Å². The standard InChI is InChI=1S/C11H22N2O3/c1-10(12(2)3)9-16-11(14)8-13-4-6-15-7-5-13/h10H,4-9H2,1-3H3. The molecule has 1 aliphatic rings. The van der Waals surface area contributed by atoms with E-state index >= 15 is 0 Å². The summed E-state index contributed by atoms with van der Waals surface area (Å²) in [6.45, 7) is 5.92. The number of carbonyl (C=O) groups excluding carboxylic acids is 1. The quantitative estimate of drug-likeness (QED) is 0.613. The van der Waals surface area contributed by atoms with Gasteiger partial charge in [-0.1, -0.05) is 0 Å². The van der Waals surface area contributed by atoms with Crippen molar-refractivity contribution in [2.24, 2.45) is 0 Å². The minimum atomic E-state index is -0.143. The maximum Gasteiger partial charge on any atom is 0.320 e. The summed E-state index contributed by atoms with van der Waals surface area (Å²) in [5, 5.41) is 0. The van der Waals surface area contributed by atoms with E-state index in [0.29, 0.717) is 26.4 Å². The molecule has 1 atom stereocenters. The monoisotopic (exact) mass is 230 g/mol. The number of esters is 1. The topological polar surface area (TPSA) is 42.0 Å². The van der Waals surface area contributed by atoms with Gasteiger partial charge >= 0.3 is 5.97 Å². The number of rotatable bonds is 5. The highest BCUT2D eigenvalue weighted by atomic mass is 16.5. The number of morpholine rings is 1. The van der Waals surface area contributed by atoms with Crippen LogP contribution in [0.2, 0.25) is 0 Å². The van der Waals surface area contributed by atoms with Crippen molar-refractivity contribution in [1.29, 1.82) is 0 Å². The summed E-state index contributed by atoms with van der Waals surface area (Å²) in [4.78, 5) is 15.6. The summed E-state index contributed by atoms with van der Waals surface area (Å²) in [6.07, 6.45) is 0. The molecule has 0 aromatic heterocycles. The number of carbonyl (C=O) groups is 1. The Morgan fingerprint density at radius 3 is 2.62 bits per heavy atom. The van der Waals surface area contributed by atoms with Gasteiger partial charge in [-0.15, -0.1) is 0 Å². The van der Waals surface area contributed by atoms with Crippen LogP contribution in [0.5, 0.6) is 0 Å². The maximum absolute atomic E-state index is 11.5.